The molecule has 1 fully saturated rings. The molecule has 10 nitrogen and oxygen atoms in total. The van der Waals surface area contributed by atoms with Gasteiger partial charge in [-0.15, -0.1) is 0 Å². The highest BCUT2D eigenvalue weighted by molar-refractivity contribution is 7.89. The Hall–Kier alpha value is -3.79. The third kappa shape index (κ3) is 6.02. The van der Waals surface area contributed by atoms with Crippen LogP contribution in [0.2, 0.25) is 0 Å². The maximum Gasteiger partial charge on any atom is 0.243 e. The molecule has 0 unspecified atom stereocenters. The van der Waals surface area contributed by atoms with E-state index in [1.807, 2.05) is 13.1 Å². The van der Waals surface area contributed by atoms with Crippen molar-refractivity contribution >= 4 is 33.2 Å². The molecular formula is C23H24FN7O3S. The SMILES string of the molecule is CN1CCN(S(=O)(=O)c2ccc(Nc3ncc(F)c(Nc4ccc(OCC#N)cc4)n3)cc2)CC1. The molecule has 0 aliphatic carbocycles. The average molecular weight is 498 g/mol. The average Bonchev–Trinajstić information content (AvgIpc) is 2.86. The van der Waals surface area contributed by atoms with Gasteiger partial charge in [-0.05, 0) is 55.6 Å². The minimum absolute atomic E-state index is 0.0394. The Morgan fingerprint density at radius 2 is 1.66 bits per heavy atom. The van der Waals surface area contributed by atoms with Crippen molar-refractivity contribution in [3.8, 4) is 11.8 Å². The minimum atomic E-state index is -3.57. The molecule has 1 aromatic heterocycles. The summed E-state index contributed by atoms with van der Waals surface area (Å²) < 4.78 is 46.7. The lowest BCUT2D eigenvalue weighted by atomic mass is 10.3. The number of hydrogen-bond acceptors (Lipinski definition) is 9. The third-order valence-corrected chi connectivity index (χ3v) is 7.29. The summed E-state index contributed by atoms with van der Waals surface area (Å²) in [5.41, 5.74) is 1.12. The van der Waals surface area contributed by atoms with Crippen LogP contribution in [0, 0.1) is 17.1 Å². The van der Waals surface area contributed by atoms with Crippen LogP contribution in [0.4, 0.5) is 27.5 Å². The predicted molar refractivity (Wildman–Crippen MR) is 129 cm³/mol. The monoisotopic (exact) mass is 497 g/mol. The molecule has 2 heterocycles. The fraction of sp³-hybridized carbons (Fsp3) is 0.261. The summed E-state index contributed by atoms with van der Waals surface area (Å²) in [5.74, 6) is -0.0327. The number of nitrogens with zero attached hydrogens (tertiary/aromatic N) is 5. The molecule has 0 atom stereocenters. The molecule has 1 saturated heterocycles. The highest BCUT2D eigenvalue weighted by atomic mass is 32.2. The lowest BCUT2D eigenvalue weighted by molar-refractivity contribution is 0.222. The molecule has 1 aliphatic rings. The van der Waals surface area contributed by atoms with Gasteiger partial charge in [0.05, 0.1) is 11.1 Å². The Morgan fingerprint density at radius 1 is 1.03 bits per heavy atom. The highest BCUT2D eigenvalue weighted by Crippen LogP contribution is 2.24. The second-order valence-electron chi connectivity index (χ2n) is 7.84. The van der Waals surface area contributed by atoms with E-state index in [9.17, 15) is 12.8 Å². The van der Waals surface area contributed by atoms with Gasteiger partial charge in [-0.3, -0.25) is 0 Å². The van der Waals surface area contributed by atoms with Crippen molar-refractivity contribution in [2.45, 2.75) is 4.90 Å². The molecule has 35 heavy (non-hydrogen) atoms. The van der Waals surface area contributed by atoms with Gasteiger partial charge in [0.1, 0.15) is 11.8 Å². The van der Waals surface area contributed by atoms with Gasteiger partial charge >= 0.3 is 0 Å². The second kappa shape index (κ2) is 10.6. The standard InChI is InChI=1S/C23H24FN7O3S/c1-30-11-13-31(14-12-30)35(32,33)20-8-4-18(5-9-20)28-23-26-16-21(24)22(29-23)27-17-2-6-19(7-3-17)34-15-10-25/h2-9,16H,11-15H2,1H3,(H2,26,27,28,29). The normalized spacial score (nSPS) is 14.8. The second-order valence-corrected chi connectivity index (χ2v) is 9.78. The first kappa shape index (κ1) is 24.3. The van der Waals surface area contributed by atoms with Gasteiger partial charge in [0.25, 0.3) is 0 Å². The summed E-state index contributed by atoms with van der Waals surface area (Å²) in [6.07, 6.45) is 1.04. The van der Waals surface area contributed by atoms with Crippen LogP contribution in [0.3, 0.4) is 0 Å². The fourth-order valence-corrected chi connectivity index (χ4v) is 4.84. The van der Waals surface area contributed by atoms with E-state index >= 15 is 0 Å². The molecule has 4 rings (SSSR count). The molecular weight excluding hydrogens is 473 g/mol. The van der Waals surface area contributed by atoms with Crippen LogP contribution < -0.4 is 15.4 Å². The summed E-state index contributed by atoms with van der Waals surface area (Å²) in [5, 5.41) is 14.4. The number of nitriles is 1. The number of benzene rings is 2. The lowest BCUT2D eigenvalue weighted by Crippen LogP contribution is -2.46. The quantitative estimate of drug-likeness (QED) is 0.483. The lowest BCUT2D eigenvalue weighted by Gasteiger charge is -2.31. The van der Waals surface area contributed by atoms with Gasteiger partial charge in [-0.1, -0.05) is 0 Å². The molecule has 0 bridgehead atoms. The first-order chi connectivity index (χ1) is 16.8. The number of likely N-dealkylation sites (N-methyl/N-ethyl adjacent to an activating group) is 1. The zero-order chi connectivity index (χ0) is 24.8. The van der Waals surface area contributed by atoms with E-state index in [-0.39, 0.29) is 23.3 Å². The van der Waals surface area contributed by atoms with Crippen molar-refractivity contribution in [3.05, 3.63) is 60.5 Å². The maximum atomic E-state index is 14.3. The van der Waals surface area contributed by atoms with E-state index in [1.165, 1.54) is 16.4 Å². The fourth-order valence-electron chi connectivity index (χ4n) is 3.42. The van der Waals surface area contributed by atoms with Crippen molar-refractivity contribution in [2.24, 2.45) is 0 Å². The van der Waals surface area contributed by atoms with Gasteiger partial charge in [-0.2, -0.15) is 14.6 Å². The number of hydrogen-bond donors (Lipinski definition) is 2. The van der Waals surface area contributed by atoms with Crippen LogP contribution >= 0.6 is 0 Å². The number of anilines is 4. The predicted octanol–water partition coefficient (Wildman–Crippen LogP) is 2.94. The maximum absolute atomic E-state index is 14.3. The Balaban J connectivity index is 1.43. The summed E-state index contributed by atoms with van der Waals surface area (Å²) in [4.78, 5) is 10.4. The minimum Gasteiger partial charge on any atom is -0.479 e. The van der Waals surface area contributed by atoms with Crippen LogP contribution in [-0.4, -0.2) is 67.4 Å². The first-order valence-corrected chi connectivity index (χ1v) is 12.2. The van der Waals surface area contributed by atoms with Gasteiger partial charge in [0.2, 0.25) is 16.0 Å². The van der Waals surface area contributed by atoms with Gasteiger partial charge in [0.15, 0.2) is 18.2 Å². The first-order valence-electron chi connectivity index (χ1n) is 10.8. The number of nitrogens with one attached hydrogen (secondary N) is 2. The molecule has 0 radical (unpaired) electrons. The van der Waals surface area contributed by atoms with E-state index in [4.69, 9.17) is 10.00 Å². The molecule has 0 saturated carbocycles. The smallest absolute Gasteiger partial charge is 0.243 e. The Kier molecular flexibility index (Phi) is 7.40. The number of rotatable bonds is 8. The molecule has 182 valence electrons. The van der Waals surface area contributed by atoms with Crippen molar-refractivity contribution in [2.75, 3.05) is 50.5 Å². The molecule has 12 heteroatoms. The summed E-state index contributed by atoms with van der Waals surface area (Å²) in [7, 11) is -1.60. The summed E-state index contributed by atoms with van der Waals surface area (Å²) in [6, 6.07) is 14.8. The van der Waals surface area contributed by atoms with Crippen LogP contribution in [0.25, 0.3) is 0 Å². The van der Waals surface area contributed by atoms with Gasteiger partial charge in [0, 0.05) is 37.6 Å². The van der Waals surface area contributed by atoms with E-state index in [1.54, 1.807) is 36.4 Å². The zero-order valence-corrected chi connectivity index (χ0v) is 19.8. The molecule has 1 aliphatic heterocycles. The molecule has 0 amide bonds. The van der Waals surface area contributed by atoms with E-state index in [0.717, 1.165) is 6.20 Å². The van der Waals surface area contributed by atoms with Crippen molar-refractivity contribution < 1.29 is 17.5 Å². The zero-order valence-electron chi connectivity index (χ0n) is 19.0. The van der Waals surface area contributed by atoms with Crippen LogP contribution in [0.15, 0.2) is 59.6 Å². The highest BCUT2D eigenvalue weighted by Gasteiger charge is 2.27. The number of sulfonamides is 1. The van der Waals surface area contributed by atoms with Crippen LogP contribution in [0.5, 0.6) is 5.75 Å². The molecule has 3 aromatic rings. The van der Waals surface area contributed by atoms with Crippen molar-refractivity contribution in [1.29, 1.82) is 5.26 Å². The molecule has 0 spiro atoms. The van der Waals surface area contributed by atoms with Crippen LogP contribution in [-0.2, 0) is 10.0 Å². The summed E-state index contributed by atoms with van der Waals surface area (Å²) in [6.45, 7) is 2.22. The Morgan fingerprint density at radius 3 is 2.31 bits per heavy atom. The van der Waals surface area contributed by atoms with E-state index < -0.39 is 15.8 Å². The molecule has 2 aromatic carbocycles. The summed E-state index contributed by atoms with van der Waals surface area (Å²) >= 11 is 0. The number of ether oxygens (including phenoxy) is 1. The number of halogens is 1. The Bertz CT molecular complexity index is 1300. The topological polar surface area (TPSA) is 123 Å². The number of aromatic nitrogens is 2. The van der Waals surface area contributed by atoms with Crippen LogP contribution in [0.1, 0.15) is 0 Å². The largest absolute Gasteiger partial charge is 0.479 e. The molecule has 2 N–H and O–H groups in total. The van der Waals surface area contributed by atoms with E-state index in [2.05, 4.69) is 25.5 Å². The van der Waals surface area contributed by atoms with Crippen molar-refractivity contribution in [3.63, 3.8) is 0 Å². The van der Waals surface area contributed by atoms with E-state index in [0.29, 0.717) is 43.3 Å². The van der Waals surface area contributed by atoms with Gasteiger partial charge in [-0.25, -0.2) is 17.8 Å². The third-order valence-electron chi connectivity index (χ3n) is 5.38. The Labute approximate surface area is 203 Å². The van der Waals surface area contributed by atoms with Crippen molar-refractivity contribution in [1.82, 2.24) is 19.2 Å². The number of piperazine rings is 1. The van der Waals surface area contributed by atoms with Gasteiger partial charge < -0.3 is 20.3 Å².